The van der Waals surface area contributed by atoms with Crippen molar-refractivity contribution in [1.82, 2.24) is 0 Å². The fourth-order valence-corrected chi connectivity index (χ4v) is 1.42. The van der Waals surface area contributed by atoms with Crippen molar-refractivity contribution in [3.63, 3.8) is 0 Å². The maximum absolute atomic E-state index is 5.69. The second-order valence-corrected chi connectivity index (χ2v) is 4.23. The summed E-state index contributed by atoms with van der Waals surface area (Å²) in [6, 6.07) is 0. The fourth-order valence-electron chi connectivity index (χ4n) is 1.42. The van der Waals surface area contributed by atoms with Gasteiger partial charge in [-0.15, -0.1) is 6.58 Å². The molecule has 0 rings (SSSR count). The van der Waals surface area contributed by atoms with Crippen LogP contribution in [0.25, 0.3) is 0 Å². The van der Waals surface area contributed by atoms with Crippen molar-refractivity contribution in [3.8, 4) is 0 Å². The molecule has 0 amide bonds. The van der Waals surface area contributed by atoms with Gasteiger partial charge in [0.15, 0.2) is 0 Å². The minimum Gasteiger partial charge on any atom is -0.330 e. The van der Waals surface area contributed by atoms with Gasteiger partial charge in [-0.1, -0.05) is 52.0 Å². The summed E-state index contributed by atoms with van der Waals surface area (Å²) in [5.74, 6) is 0. The van der Waals surface area contributed by atoms with Gasteiger partial charge >= 0.3 is 0 Å². The molecule has 0 aromatic carbocycles. The van der Waals surface area contributed by atoms with Crippen LogP contribution in [0.5, 0.6) is 0 Å². The zero-order valence-electron chi connectivity index (χ0n) is 9.31. The van der Waals surface area contributed by atoms with Crippen LogP contribution in [0.1, 0.15) is 52.4 Å². The molecule has 0 aliphatic heterocycles. The lowest BCUT2D eigenvalue weighted by molar-refractivity contribution is 0.381. The molecule has 78 valence electrons. The van der Waals surface area contributed by atoms with Crippen molar-refractivity contribution in [2.75, 3.05) is 6.54 Å². The first-order chi connectivity index (χ1) is 6.18. The van der Waals surface area contributed by atoms with E-state index in [1.54, 1.807) is 0 Å². The van der Waals surface area contributed by atoms with Crippen molar-refractivity contribution >= 4 is 0 Å². The topological polar surface area (TPSA) is 26.0 Å². The van der Waals surface area contributed by atoms with E-state index in [1.165, 1.54) is 38.5 Å². The molecule has 0 saturated heterocycles. The molecular formula is C12H25N. The van der Waals surface area contributed by atoms with E-state index in [-0.39, 0.29) is 5.41 Å². The third kappa shape index (κ3) is 5.87. The molecule has 1 nitrogen and oxygen atoms in total. The van der Waals surface area contributed by atoms with Gasteiger partial charge < -0.3 is 5.73 Å². The van der Waals surface area contributed by atoms with Crippen molar-refractivity contribution in [3.05, 3.63) is 12.7 Å². The van der Waals surface area contributed by atoms with Gasteiger partial charge in [0, 0.05) is 6.54 Å². The summed E-state index contributed by atoms with van der Waals surface area (Å²) < 4.78 is 0. The van der Waals surface area contributed by atoms with Gasteiger partial charge in [-0.25, -0.2) is 0 Å². The predicted molar refractivity (Wildman–Crippen MR) is 60.7 cm³/mol. The Morgan fingerprint density at radius 1 is 1.23 bits per heavy atom. The van der Waals surface area contributed by atoms with Crippen LogP contribution in [-0.2, 0) is 0 Å². The Balaban J connectivity index is 3.44. The highest BCUT2D eigenvalue weighted by Crippen LogP contribution is 2.24. The Morgan fingerprint density at radius 3 is 2.31 bits per heavy atom. The molecule has 0 aliphatic carbocycles. The van der Waals surface area contributed by atoms with Crippen molar-refractivity contribution in [2.24, 2.45) is 11.1 Å². The number of nitrogens with two attached hydrogens (primary N) is 1. The molecule has 0 spiro atoms. The molecule has 0 aliphatic rings. The molecule has 0 saturated carbocycles. The molecule has 2 N–H and O–H groups in total. The first-order valence-electron chi connectivity index (χ1n) is 5.52. The second-order valence-electron chi connectivity index (χ2n) is 4.23. The van der Waals surface area contributed by atoms with Gasteiger partial charge in [-0.3, -0.25) is 0 Å². The Hall–Kier alpha value is -0.300. The molecule has 0 heterocycles. The molecule has 0 bridgehead atoms. The predicted octanol–water partition coefficient (Wildman–Crippen LogP) is 3.50. The van der Waals surface area contributed by atoms with Crippen molar-refractivity contribution < 1.29 is 0 Å². The quantitative estimate of drug-likeness (QED) is 0.452. The summed E-state index contributed by atoms with van der Waals surface area (Å²) in [5.41, 5.74) is 5.86. The Bertz CT molecular complexity index is 131. The second kappa shape index (κ2) is 7.14. The maximum Gasteiger partial charge on any atom is 0.00114 e. The zero-order valence-corrected chi connectivity index (χ0v) is 9.31. The molecule has 13 heavy (non-hydrogen) atoms. The lowest BCUT2D eigenvalue weighted by Gasteiger charge is -2.23. The third-order valence-electron chi connectivity index (χ3n) is 2.81. The Morgan fingerprint density at radius 2 is 1.85 bits per heavy atom. The molecule has 1 unspecified atom stereocenters. The zero-order chi connectivity index (χ0) is 10.2. The standard InChI is InChI=1S/C12H25N/c1-4-6-7-8-9-10-12(3,5-2)11-13/h5H,2,4,6-11,13H2,1,3H3. The van der Waals surface area contributed by atoms with E-state index in [2.05, 4.69) is 20.4 Å². The number of hydrogen-bond acceptors (Lipinski definition) is 1. The first kappa shape index (κ1) is 12.7. The van der Waals surface area contributed by atoms with Gasteiger partial charge in [0.1, 0.15) is 0 Å². The van der Waals surface area contributed by atoms with Crippen LogP contribution in [-0.4, -0.2) is 6.54 Å². The smallest absolute Gasteiger partial charge is 0.00114 e. The van der Waals surface area contributed by atoms with E-state index in [9.17, 15) is 0 Å². The summed E-state index contributed by atoms with van der Waals surface area (Å²) in [7, 11) is 0. The summed E-state index contributed by atoms with van der Waals surface area (Å²) in [6.45, 7) is 9.00. The lowest BCUT2D eigenvalue weighted by Crippen LogP contribution is -2.24. The molecule has 1 heteroatoms. The SMILES string of the molecule is C=CC(C)(CN)CCCCCCC. The highest BCUT2D eigenvalue weighted by atomic mass is 14.6. The monoisotopic (exact) mass is 183 g/mol. The molecule has 0 aromatic heterocycles. The van der Waals surface area contributed by atoms with Gasteiger partial charge in [0.05, 0.1) is 0 Å². The number of rotatable bonds is 8. The van der Waals surface area contributed by atoms with E-state index in [0.29, 0.717) is 0 Å². The van der Waals surface area contributed by atoms with Crippen LogP contribution in [0.3, 0.4) is 0 Å². The summed E-state index contributed by atoms with van der Waals surface area (Å²) >= 11 is 0. The lowest BCUT2D eigenvalue weighted by atomic mass is 9.85. The largest absolute Gasteiger partial charge is 0.330 e. The van der Waals surface area contributed by atoms with E-state index in [4.69, 9.17) is 5.73 Å². The van der Waals surface area contributed by atoms with E-state index >= 15 is 0 Å². The fraction of sp³-hybridized carbons (Fsp3) is 0.833. The molecular weight excluding hydrogens is 158 g/mol. The average molecular weight is 183 g/mol. The molecule has 0 aromatic rings. The van der Waals surface area contributed by atoms with Crippen LogP contribution < -0.4 is 5.73 Å². The van der Waals surface area contributed by atoms with E-state index in [0.717, 1.165) is 6.54 Å². The molecule has 1 atom stereocenters. The average Bonchev–Trinajstić information content (AvgIpc) is 2.17. The van der Waals surface area contributed by atoms with Crippen LogP contribution in [0.2, 0.25) is 0 Å². The van der Waals surface area contributed by atoms with Crippen LogP contribution in [0, 0.1) is 5.41 Å². The third-order valence-corrected chi connectivity index (χ3v) is 2.81. The number of hydrogen-bond donors (Lipinski definition) is 1. The minimum absolute atomic E-state index is 0.173. The minimum atomic E-state index is 0.173. The van der Waals surface area contributed by atoms with Gasteiger partial charge in [0.25, 0.3) is 0 Å². The van der Waals surface area contributed by atoms with Gasteiger partial charge in [-0.2, -0.15) is 0 Å². The Kier molecular flexibility index (Phi) is 6.97. The van der Waals surface area contributed by atoms with Gasteiger partial charge in [0.2, 0.25) is 0 Å². The van der Waals surface area contributed by atoms with E-state index in [1.807, 2.05) is 6.08 Å². The van der Waals surface area contributed by atoms with E-state index < -0.39 is 0 Å². The van der Waals surface area contributed by atoms with Crippen molar-refractivity contribution in [2.45, 2.75) is 52.4 Å². The van der Waals surface area contributed by atoms with Gasteiger partial charge in [-0.05, 0) is 11.8 Å². The Labute approximate surface area is 83.4 Å². The summed E-state index contributed by atoms with van der Waals surface area (Å²) in [4.78, 5) is 0. The maximum atomic E-state index is 5.69. The highest BCUT2D eigenvalue weighted by molar-refractivity contribution is 4.91. The first-order valence-corrected chi connectivity index (χ1v) is 5.52. The summed E-state index contributed by atoms with van der Waals surface area (Å²) in [5, 5.41) is 0. The van der Waals surface area contributed by atoms with Crippen LogP contribution in [0.4, 0.5) is 0 Å². The molecule has 0 fully saturated rings. The van der Waals surface area contributed by atoms with Crippen molar-refractivity contribution in [1.29, 1.82) is 0 Å². The van der Waals surface area contributed by atoms with Crippen LogP contribution in [0.15, 0.2) is 12.7 Å². The number of unbranched alkanes of at least 4 members (excludes halogenated alkanes) is 4. The summed E-state index contributed by atoms with van der Waals surface area (Å²) in [6.07, 6.45) is 9.89. The normalized spacial score (nSPS) is 15.3. The molecule has 0 radical (unpaired) electrons. The highest BCUT2D eigenvalue weighted by Gasteiger charge is 2.16. The van der Waals surface area contributed by atoms with Crippen LogP contribution >= 0.6 is 0 Å².